The number of hydrazone groups is 1. The van der Waals surface area contributed by atoms with Crippen molar-refractivity contribution in [2.24, 2.45) is 22.4 Å². The first kappa shape index (κ1) is 14.4. The predicted octanol–water partition coefficient (Wildman–Crippen LogP) is 2.09. The molecule has 2 unspecified atom stereocenters. The lowest BCUT2D eigenvalue weighted by Crippen LogP contribution is -2.48. The van der Waals surface area contributed by atoms with Gasteiger partial charge in [-0.1, -0.05) is 19.9 Å². The third-order valence-electron chi connectivity index (χ3n) is 5.50. The Labute approximate surface area is 135 Å². The van der Waals surface area contributed by atoms with Gasteiger partial charge in [0.15, 0.2) is 0 Å². The molecular formula is C18H21N3O2. The van der Waals surface area contributed by atoms with E-state index in [4.69, 9.17) is 0 Å². The van der Waals surface area contributed by atoms with Crippen molar-refractivity contribution in [2.75, 3.05) is 11.9 Å². The van der Waals surface area contributed by atoms with Crippen molar-refractivity contribution in [3.05, 3.63) is 29.3 Å². The van der Waals surface area contributed by atoms with E-state index in [0.717, 1.165) is 36.2 Å². The zero-order valence-electron chi connectivity index (χ0n) is 13.7. The average molecular weight is 311 g/mol. The SMILES string of the molecule is CN1C(=O)C(C)(C)Cc2cc(C3=NNC(=O)C4CCC34)ccc21. The maximum absolute atomic E-state index is 12.4. The highest BCUT2D eigenvalue weighted by Gasteiger charge is 2.43. The van der Waals surface area contributed by atoms with Gasteiger partial charge < -0.3 is 4.90 Å². The van der Waals surface area contributed by atoms with Gasteiger partial charge in [-0.15, -0.1) is 0 Å². The molecule has 1 saturated carbocycles. The topological polar surface area (TPSA) is 61.8 Å². The van der Waals surface area contributed by atoms with E-state index < -0.39 is 0 Å². The molecule has 1 fully saturated rings. The van der Waals surface area contributed by atoms with Crippen LogP contribution in [0.2, 0.25) is 0 Å². The second kappa shape index (κ2) is 4.66. The minimum Gasteiger partial charge on any atom is -0.315 e. The van der Waals surface area contributed by atoms with Crippen molar-refractivity contribution in [1.82, 2.24) is 5.43 Å². The normalized spacial score (nSPS) is 28.3. The van der Waals surface area contributed by atoms with Crippen LogP contribution in [0.5, 0.6) is 0 Å². The Morgan fingerprint density at radius 1 is 1.22 bits per heavy atom. The molecule has 1 aromatic rings. The summed E-state index contributed by atoms with van der Waals surface area (Å²) in [6.07, 6.45) is 2.70. The Morgan fingerprint density at radius 3 is 2.65 bits per heavy atom. The van der Waals surface area contributed by atoms with Crippen molar-refractivity contribution in [3.63, 3.8) is 0 Å². The molecule has 1 N–H and O–H groups in total. The van der Waals surface area contributed by atoms with Gasteiger partial charge in [-0.2, -0.15) is 5.10 Å². The van der Waals surface area contributed by atoms with Crippen LogP contribution in [0.3, 0.4) is 0 Å². The van der Waals surface area contributed by atoms with E-state index in [1.54, 1.807) is 4.90 Å². The molecule has 2 heterocycles. The largest absolute Gasteiger partial charge is 0.315 e. The second-order valence-electron chi connectivity index (χ2n) is 7.53. The number of nitrogens with one attached hydrogen (secondary N) is 1. The first-order chi connectivity index (χ1) is 10.9. The zero-order valence-corrected chi connectivity index (χ0v) is 13.7. The van der Waals surface area contributed by atoms with Crippen LogP contribution in [0.25, 0.3) is 0 Å². The van der Waals surface area contributed by atoms with Gasteiger partial charge in [-0.05, 0) is 42.5 Å². The number of benzene rings is 1. The maximum Gasteiger partial charge on any atom is 0.243 e. The van der Waals surface area contributed by atoms with E-state index in [9.17, 15) is 9.59 Å². The standard InChI is InChI=1S/C18H21N3O2/c1-18(2)9-11-8-10(4-7-14(11)21(3)17(18)23)15-12-5-6-13(12)16(22)20-19-15/h4,7-8,12-13H,5-6,9H2,1-3H3,(H,20,22). The molecule has 0 aromatic heterocycles. The Bertz CT molecular complexity index is 751. The summed E-state index contributed by atoms with van der Waals surface area (Å²) in [6, 6.07) is 6.17. The van der Waals surface area contributed by atoms with Crippen molar-refractivity contribution < 1.29 is 9.59 Å². The summed E-state index contributed by atoms with van der Waals surface area (Å²) in [6.45, 7) is 3.98. The predicted molar refractivity (Wildman–Crippen MR) is 88.2 cm³/mol. The lowest BCUT2D eigenvalue weighted by Gasteiger charge is -2.40. The fourth-order valence-electron chi connectivity index (χ4n) is 4.03. The zero-order chi connectivity index (χ0) is 16.4. The van der Waals surface area contributed by atoms with Gasteiger partial charge in [0, 0.05) is 30.0 Å². The van der Waals surface area contributed by atoms with Crippen LogP contribution in [0.1, 0.15) is 37.8 Å². The van der Waals surface area contributed by atoms with E-state index in [1.807, 2.05) is 33.0 Å². The fraction of sp³-hybridized carbons (Fsp3) is 0.500. The molecule has 1 aromatic carbocycles. The van der Waals surface area contributed by atoms with Gasteiger partial charge in [0.1, 0.15) is 0 Å². The summed E-state index contributed by atoms with van der Waals surface area (Å²) in [5, 5.41) is 4.32. The minimum absolute atomic E-state index is 0.0504. The number of rotatable bonds is 1. The molecule has 0 bridgehead atoms. The molecule has 3 aliphatic rings. The molecule has 0 saturated heterocycles. The third-order valence-corrected chi connectivity index (χ3v) is 5.50. The van der Waals surface area contributed by atoms with E-state index in [0.29, 0.717) is 0 Å². The number of hydrogen-bond donors (Lipinski definition) is 1. The summed E-state index contributed by atoms with van der Waals surface area (Å²) in [7, 11) is 1.84. The molecule has 5 nitrogen and oxygen atoms in total. The summed E-state index contributed by atoms with van der Waals surface area (Å²) in [5.74, 6) is 0.533. The van der Waals surface area contributed by atoms with Crippen LogP contribution in [-0.2, 0) is 16.0 Å². The van der Waals surface area contributed by atoms with Crippen LogP contribution in [0, 0.1) is 17.3 Å². The molecular weight excluding hydrogens is 290 g/mol. The Balaban J connectivity index is 1.74. The summed E-state index contributed by atoms with van der Waals surface area (Å²) in [4.78, 5) is 25.9. The smallest absolute Gasteiger partial charge is 0.243 e. The second-order valence-corrected chi connectivity index (χ2v) is 7.53. The lowest BCUT2D eigenvalue weighted by molar-refractivity contribution is -0.129. The Kier molecular flexibility index (Phi) is 2.92. The van der Waals surface area contributed by atoms with Crippen molar-refractivity contribution >= 4 is 23.2 Å². The van der Waals surface area contributed by atoms with E-state index in [1.165, 1.54) is 5.56 Å². The van der Waals surface area contributed by atoms with Gasteiger partial charge in [0.2, 0.25) is 11.8 Å². The van der Waals surface area contributed by atoms with E-state index in [2.05, 4.69) is 16.6 Å². The first-order valence-corrected chi connectivity index (χ1v) is 8.17. The number of amides is 2. The average Bonchev–Trinajstić information content (AvgIpc) is 2.46. The molecule has 0 radical (unpaired) electrons. The van der Waals surface area contributed by atoms with Crippen LogP contribution < -0.4 is 10.3 Å². The highest BCUT2D eigenvalue weighted by molar-refractivity contribution is 6.08. The number of anilines is 1. The van der Waals surface area contributed by atoms with Gasteiger partial charge in [0.05, 0.1) is 5.71 Å². The molecule has 5 heteroatoms. The minimum atomic E-state index is -0.387. The third kappa shape index (κ3) is 2.02. The van der Waals surface area contributed by atoms with E-state index >= 15 is 0 Å². The van der Waals surface area contributed by atoms with Crippen molar-refractivity contribution in [2.45, 2.75) is 33.1 Å². The Morgan fingerprint density at radius 2 is 1.96 bits per heavy atom. The highest BCUT2D eigenvalue weighted by Crippen LogP contribution is 2.41. The fourth-order valence-corrected chi connectivity index (χ4v) is 4.03. The van der Waals surface area contributed by atoms with E-state index in [-0.39, 0.29) is 29.1 Å². The quantitative estimate of drug-likeness (QED) is 0.863. The number of hydrogen-bond acceptors (Lipinski definition) is 3. The monoisotopic (exact) mass is 311 g/mol. The molecule has 2 amide bonds. The summed E-state index contributed by atoms with van der Waals surface area (Å²) < 4.78 is 0. The van der Waals surface area contributed by atoms with Crippen LogP contribution in [0.4, 0.5) is 5.69 Å². The Hall–Kier alpha value is -2.17. The number of carbonyl (C=O) groups excluding carboxylic acids is 2. The molecule has 4 rings (SSSR count). The number of fused-ring (bicyclic) bond motifs is 2. The van der Waals surface area contributed by atoms with Gasteiger partial charge in [0.25, 0.3) is 0 Å². The maximum atomic E-state index is 12.4. The van der Waals surface area contributed by atoms with Crippen molar-refractivity contribution in [3.8, 4) is 0 Å². The van der Waals surface area contributed by atoms with Gasteiger partial charge in [-0.3, -0.25) is 9.59 Å². The molecule has 1 aliphatic carbocycles. The highest BCUT2D eigenvalue weighted by atomic mass is 16.2. The summed E-state index contributed by atoms with van der Waals surface area (Å²) >= 11 is 0. The molecule has 23 heavy (non-hydrogen) atoms. The number of carbonyl (C=O) groups is 2. The molecule has 120 valence electrons. The first-order valence-electron chi connectivity index (χ1n) is 8.17. The molecule has 0 spiro atoms. The molecule has 2 atom stereocenters. The van der Waals surface area contributed by atoms with Crippen LogP contribution >= 0.6 is 0 Å². The van der Waals surface area contributed by atoms with Crippen LogP contribution in [0.15, 0.2) is 23.3 Å². The lowest BCUT2D eigenvalue weighted by atomic mass is 9.68. The summed E-state index contributed by atoms with van der Waals surface area (Å²) in [5.41, 5.74) is 6.47. The molecule has 2 aliphatic heterocycles. The van der Waals surface area contributed by atoms with Crippen molar-refractivity contribution in [1.29, 1.82) is 0 Å². The number of nitrogens with zero attached hydrogens (tertiary/aromatic N) is 2. The van der Waals surface area contributed by atoms with Crippen LogP contribution in [-0.4, -0.2) is 24.6 Å². The van der Waals surface area contributed by atoms with Gasteiger partial charge in [-0.25, -0.2) is 5.43 Å². The van der Waals surface area contributed by atoms with Gasteiger partial charge >= 0.3 is 0 Å².